The van der Waals surface area contributed by atoms with Gasteiger partial charge in [0, 0.05) is 23.2 Å². The van der Waals surface area contributed by atoms with Crippen LogP contribution in [0, 0.1) is 11.6 Å². The third-order valence-corrected chi connectivity index (χ3v) is 6.48. The van der Waals surface area contributed by atoms with Gasteiger partial charge in [-0.15, -0.1) is 0 Å². The molecule has 0 aliphatic carbocycles. The summed E-state index contributed by atoms with van der Waals surface area (Å²) in [5.41, 5.74) is 1.58. The van der Waals surface area contributed by atoms with Crippen LogP contribution >= 0.6 is 0 Å². The fraction of sp³-hybridized carbons (Fsp3) is 0.188. The lowest BCUT2D eigenvalue weighted by atomic mass is 10.0. The van der Waals surface area contributed by atoms with Gasteiger partial charge >= 0.3 is 12.1 Å². The summed E-state index contributed by atoms with van der Waals surface area (Å²) in [4.78, 5) is 40.9. The summed E-state index contributed by atoms with van der Waals surface area (Å²) in [6.07, 6.45) is -0.829. The van der Waals surface area contributed by atoms with Gasteiger partial charge in [-0.2, -0.15) is 10.1 Å². The maximum Gasteiger partial charge on any atom is 0.412 e. The molecule has 0 bridgehead atoms. The molecule has 0 saturated carbocycles. The van der Waals surface area contributed by atoms with Gasteiger partial charge in [0.05, 0.1) is 11.3 Å². The minimum absolute atomic E-state index is 0.00559. The van der Waals surface area contributed by atoms with Crippen LogP contribution in [0.1, 0.15) is 36.8 Å². The van der Waals surface area contributed by atoms with E-state index in [0.717, 1.165) is 6.07 Å². The molecule has 1 atom stereocenters. The molecule has 0 saturated heterocycles. The number of carbonyl (C=O) groups is 3. The number of ether oxygens (including phenoxy) is 1. The maximum absolute atomic E-state index is 15.2. The number of aliphatic carboxylic acids is 1. The number of hydrogen-bond acceptors (Lipinski definition) is 8. The normalized spacial score (nSPS) is 11.9. The number of rotatable bonds is 9. The highest BCUT2D eigenvalue weighted by Gasteiger charge is 2.24. The lowest BCUT2D eigenvalue weighted by Crippen LogP contribution is -2.42. The number of carboxylic acids is 1. The average Bonchev–Trinajstić information content (AvgIpc) is 3.68. The van der Waals surface area contributed by atoms with Gasteiger partial charge in [0.2, 0.25) is 5.82 Å². The SMILES string of the molecule is CC(C)(C)OC(=O)Nc1ccc(-c2nc(-c3ccc(CC(NC(=O)c4cc(-c5ccc(F)cc5)n[nH]4)C(=O)O)cc3F)no2)cc1. The Morgan fingerprint density at radius 2 is 1.67 bits per heavy atom. The van der Waals surface area contributed by atoms with E-state index in [9.17, 15) is 23.9 Å². The summed E-state index contributed by atoms with van der Waals surface area (Å²) in [5.74, 6) is -3.14. The Kier molecular flexibility index (Phi) is 8.89. The Balaban J connectivity index is 1.23. The van der Waals surface area contributed by atoms with Gasteiger partial charge in [-0.25, -0.2) is 18.4 Å². The van der Waals surface area contributed by atoms with Crippen LogP contribution in [0.2, 0.25) is 0 Å². The van der Waals surface area contributed by atoms with Crippen molar-refractivity contribution in [1.82, 2.24) is 25.7 Å². The third-order valence-electron chi connectivity index (χ3n) is 6.48. The number of nitrogens with zero attached hydrogens (tertiary/aromatic N) is 3. The van der Waals surface area contributed by atoms with Gasteiger partial charge in [0.25, 0.3) is 11.8 Å². The van der Waals surface area contributed by atoms with Gasteiger partial charge < -0.3 is 19.7 Å². The second-order valence-corrected chi connectivity index (χ2v) is 11.2. The predicted molar refractivity (Wildman–Crippen MR) is 162 cm³/mol. The highest BCUT2D eigenvalue weighted by molar-refractivity contribution is 5.96. The molecule has 14 heteroatoms. The van der Waals surface area contributed by atoms with Crippen LogP contribution in [0.3, 0.4) is 0 Å². The van der Waals surface area contributed by atoms with Crippen molar-refractivity contribution in [1.29, 1.82) is 0 Å². The van der Waals surface area contributed by atoms with E-state index in [-0.39, 0.29) is 29.4 Å². The smallest absolute Gasteiger partial charge is 0.412 e. The summed E-state index contributed by atoms with van der Waals surface area (Å²) >= 11 is 0. The molecule has 0 spiro atoms. The molecule has 236 valence electrons. The van der Waals surface area contributed by atoms with Crippen molar-refractivity contribution in [3.05, 3.63) is 95.7 Å². The third kappa shape index (κ3) is 7.77. The number of amides is 2. The molecule has 2 heterocycles. The zero-order valence-electron chi connectivity index (χ0n) is 24.8. The first-order valence-electron chi connectivity index (χ1n) is 13.9. The number of aromatic amines is 1. The van der Waals surface area contributed by atoms with Crippen LogP contribution < -0.4 is 10.6 Å². The zero-order valence-corrected chi connectivity index (χ0v) is 24.8. The number of halogens is 2. The minimum atomic E-state index is -1.39. The second-order valence-electron chi connectivity index (χ2n) is 11.2. The summed E-state index contributed by atoms with van der Waals surface area (Å²) in [5, 5.41) is 25.2. The molecule has 12 nitrogen and oxygen atoms in total. The van der Waals surface area contributed by atoms with E-state index in [0.29, 0.717) is 28.1 Å². The fourth-order valence-electron chi connectivity index (χ4n) is 4.31. The summed E-state index contributed by atoms with van der Waals surface area (Å²) < 4.78 is 38.9. The highest BCUT2D eigenvalue weighted by atomic mass is 19.1. The van der Waals surface area contributed by atoms with Crippen molar-refractivity contribution in [2.75, 3.05) is 5.32 Å². The van der Waals surface area contributed by atoms with Crippen molar-refractivity contribution >= 4 is 23.7 Å². The number of aromatic nitrogens is 4. The van der Waals surface area contributed by atoms with E-state index >= 15 is 4.39 Å². The molecule has 0 radical (unpaired) electrons. The van der Waals surface area contributed by atoms with Crippen LogP contribution in [0.5, 0.6) is 0 Å². The summed E-state index contributed by atoms with van der Waals surface area (Å²) in [6, 6.07) is 16.0. The largest absolute Gasteiger partial charge is 0.480 e. The maximum atomic E-state index is 15.2. The van der Waals surface area contributed by atoms with Crippen molar-refractivity contribution in [3.63, 3.8) is 0 Å². The Hall–Kier alpha value is -5.92. The molecular weight excluding hydrogens is 602 g/mol. The van der Waals surface area contributed by atoms with Gasteiger partial charge in [0.15, 0.2) is 0 Å². The predicted octanol–water partition coefficient (Wildman–Crippen LogP) is 5.84. The van der Waals surface area contributed by atoms with Crippen LogP contribution in [0.25, 0.3) is 34.1 Å². The fourth-order valence-corrected chi connectivity index (χ4v) is 4.31. The lowest BCUT2D eigenvalue weighted by molar-refractivity contribution is -0.139. The zero-order chi connectivity index (χ0) is 33.0. The second kappa shape index (κ2) is 13.0. The monoisotopic (exact) mass is 630 g/mol. The number of benzene rings is 3. The molecule has 0 aliphatic rings. The number of carboxylic acid groups (broad SMARTS) is 1. The van der Waals surface area contributed by atoms with Crippen molar-refractivity contribution in [3.8, 4) is 34.1 Å². The molecular formula is C32H28F2N6O6. The molecule has 3 aromatic carbocycles. The van der Waals surface area contributed by atoms with Crippen LogP contribution in [-0.2, 0) is 16.0 Å². The quantitative estimate of drug-likeness (QED) is 0.156. The van der Waals surface area contributed by atoms with Gasteiger partial charge in [-0.05, 0) is 93.1 Å². The molecule has 4 N–H and O–H groups in total. The van der Waals surface area contributed by atoms with E-state index < -0.39 is 41.2 Å². The van der Waals surface area contributed by atoms with Gasteiger partial charge in [-0.3, -0.25) is 15.2 Å². The number of nitrogens with one attached hydrogen (secondary N) is 3. The molecule has 0 aliphatic heterocycles. The van der Waals surface area contributed by atoms with Crippen LogP contribution in [-0.4, -0.2) is 55.1 Å². The summed E-state index contributed by atoms with van der Waals surface area (Å²) in [6.45, 7) is 5.26. The topological polar surface area (TPSA) is 172 Å². The first-order valence-corrected chi connectivity index (χ1v) is 13.9. The molecule has 46 heavy (non-hydrogen) atoms. The van der Waals surface area contributed by atoms with Crippen LogP contribution in [0.15, 0.2) is 77.3 Å². The molecule has 2 amide bonds. The van der Waals surface area contributed by atoms with E-state index in [1.165, 1.54) is 42.5 Å². The molecule has 0 fully saturated rings. The van der Waals surface area contributed by atoms with Crippen molar-refractivity contribution in [2.45, 2.75) is 38.8 Å². The van der Waals surface area contributed by atoms with E-state index in [1.807, 2.05) is 0 Å². The number of anilines is 1. The number of H-pyrrole nitrogens is 1. The Labute approximate surface area is 260 Å². The number of hydrogen-bond donors (Lipinski definition) is 4. The average molecular weight is 631 g/mol. The lowest BCUT2D eigenvalue weighted by Gasteiger charge is -2.19. The van der Waals surface area contributed by atoms with E-state index in [4.69, 9.17) is 9.26 Å². The minimum Gasteiger partial charge on any atom is -0.480 e. The van der Waals surface area contributed by atoms with E-state index in [2.05, 4.69) is 31.0 Å². The molecule has 5 rings (SSSR count). The van der Waals surface area contributed by atoms with Crippen molar-refractivity contribution in [2.24, 2.45) is 0 Å². The molecule has 2 aromatic heterocycles. The first-order chi connectivity index (χ1) is 21.8. The summed E-state index contributed by atoms with van der Waals surface area (Å²) in [7, 11) is 0. The Morgan fingerprint density at radius 3 is 2.33 bits per heavy atom. The first kappa shape index (κ1) is 31.5. The van der Waals surface area contributed by atoms with Gasteiger partial charge in [0.1, 0.15) is 29.0 Å². The standard InChI is InChI=1S/C32H28F2N6O6/c1-32(2,3)45-31(44)35-21-11-7-19(8-12-21)29-37-27(40-46-29)22-13-4-17(14-23(22)34)15-26(30(42)43)36-28(41)25-16-24(38-39-25)18-5-9-20(33)10-6-18/h4-14,16,26H,15H2,1-3H3,(H,35,44)(H,36,41)(H,38,39)(H,42,43). The van der Waals surface area contributed by atoms with Crippen LogP contribution in [0.4, 0.5) is 19.3 Å². The number of carbonyl (C=O) groups excluding carboxylic acids is 2. The molecule has 1 unspecified atom stereocenters. The van der Waals surface area contributed by atoms with Crippen molar-refractivity contribution < 1.29 is 37.5 Å². The van der Waals surface area contributed by atoms with E-state index in [1.54, 1.807) is 45.0 Å². The Bertz CT molecular complexity index is 1880. The molecule has 5 aromatic rings. The Morgan fingerprint density at radius 1 is 0.978 bits per heavy atom. The van der Waals surface area contributed by atoms with Gasteiger partial charge in [-0.1, -0.05) is 11.2 Å². The highest BCUT2D eigenvalue weighted by Crippen LogP contribution is 2.26.